The summed E-state index contributed by atoms with van der Waals surface area (Å²) in [7, 11) is 2.88. The lowest BCUT2D eigenvalue weighted by Gasteiger charge is -2.26. The quantitative estimate of drug-likeness (QED) is 0.684. The molecule has 0 N–H and O–H groups in total. The van der Waals surface area contributed by atoms with Crippen molar-refractivity contribution in [2.45, 2.75) is 59.5 Å². The summed E-state index contributed by atoms with van der Waals surface area (Å²) < 4.78 is 5.87. The van der Waals surface area contributed by atoms with Crippen molar-refractivity contribution >= 4 is 9.24 Å². The van der Waals surface area contributed by atoms with E-state index in [1.54, 1.807) is 0 Å². The number of benzene rings is 1. The normalized spacial score (nSPS) is 14.3. The van der Waals surface area contributed by atoms with Gasteiger partial charge in [-0.25, -0.2) is 0 Å². The van der Waals surface area contributed by atoms with Gasteiger partial charge in [0.05, 0.1) is 0 Å². The fourth-order valence-corrected chi connectivity index (χ4v) is 2.68. The van der Waals surface area contributed by atoms with Crippen LogP contribution >= 0.6 is 9.24 Å². The van der Waals surface area contributed by atoms with Crippen molar-refractivity contribution in [2.24, 2.45) is 5.41 Å². The summed E-state index contributed by atoms with van der Waals surface area (Å²) in [6.45, 7) is 13.1. The Morgan fingerprint density at radius 1 is 1.00 bits per heavy atom. The van der Waals surface area contributed by atoms with Crippen LogP contribution in [0.2, 0.25) is 0 Å². The number of hydrogen-bond acceptors (Lipinski definition) is 1. The van der Waals surface area contributed by atoms with Gasteiger partial charge >= 0.3 is 0 Å². The van der Waals surface area contributed by atoms with E-state index in [1.165, 1.54) is 12.0 Å². The van der Waals surface area contributed by atoms with Crippen LogP contribution < -0.4 is 4.74 Å². The lowest BCUT2D eigenvalue weighted by molar-refractivity contribution is 0.131. The summed E-state index contributed by atoms with van der Waals surface area (Å²) in [5, 5.41) is 0. The predicted molar refractivity (Wildman–Crippen MR) is 88.2 cm³/mol. The molecule has 0 saturated carbocycles. The number of ether oxygens (including phenoxy) is 1. The third-order valence-corrected chi connectivity index (χ3v) is 3.49. The van der Waals surface area contributed by atoms with Crippen molar-refractivity contribution in [3.63, 3.8) is 0 Å². The highest BCUT2D eigenvalue weighted by Crippen LogP contribution is 2.33. The van der Waals surface area contributed by atoms with Crippen molar-refractivity contribution in [1.29, 1.82) is 0 Å². The highest BCUT2D eigenvalue weighted by molar-refractivity contribution is 7.16. The van der Waals surface area contributed by atoms with Crippen LogP contribution in [0.1, 0.15) is 59.4 Å². The van der Waals surface area contributed by atoms with Gasteiger partial charge in [-0.15, -0.1) is 9.24 Å². The minimum atomic E-state index is -0.132. The zero-order valence-corrected chi connectivity index (χ0v) is 14.4. The van der Waals surface area contributed by atoms with Crippen LogP contribution in [0, 0.1) is 5.41 Å². The highest BCUT2D eigenvalue weighted by atomic mass is 31.0. The molecule has 1 aromatic rings. The molecule has 108 valence electrons. The lowest BCUT2D eigenvalue weighted by Crippen LogP contribution is -2.22. The molecule has 2 atom stereocenters. The zero-order chi connectivity index (χ0) is 14.7. The Morgan fingerprint density at radius 2 is 1.53 bits per heavy atom. The van der Waals surface area contributed by atoms with E-state index in [0.717, 1.165) is 11.9 Å². The van der Waals surface area contributed by atoms with Gasteiger partial charge in [0.2, 0.25) is 0 Å². The summed E-state index contributed by atoms with van der Waals surface area (Å²) in [5.74, 6) is 1.56. The van der Waals surface area contributed by atoms with Crippen LogP contribution in [0.25, 0.3) is 0 Å². The average Bonchev–Trinajstić information content (AvgIpc) is 2.23. The second-order valence-electron chi connectivity index (χ2n) is 7.48. The Hall–Kier alpha value is -0.550. The molecule has 0 fully saturated rings. The molecule has 0 amide bonds. The lowest BCUT2D eigenvalue weighted by atomic mass is 9.82. The third-order valence-electron chi connectivity index (χ3n) is 2.92. The van der Waals surface area contributed by atoms with Gasteiger partial charge in [-0.1, -0.05) is 32.9 Å². The Labute approximate surface area is 121 Å². The largest absolute Gasteiger partial charge is 0.488 e. The zero-order valence-electron chi connectivity index (χ0n) is 13.3. The van der Waals surface area contributed by atoms with E-state index in [-0.39, 0.29) is 5.60 Å². The predicted octanol–water partition coefficient (Wildman–Crippen LogP) is 5.26. The molecule has 0 saturated heterocycles. The van der Waals surface area contributed by atoms with Crippen LogP contribution in [-0.4, -0.2) is 11.8 Å². The summed E-state index contributed by atoms with van der Waals surface area (Å²) in [5.41, 5.74) is 1.64. The highest BCUT2D eigenvalue weighted by Gasteiger charge is 2.19. The molecule has 0 spiro atoms. The Kier molecular flexibility index (Phi) is 5.44. The standard InChI is InChI=1S/C17H29OP/c1-16(2,3)11-14(12-19)13-7-9-15(10-8-13)18-17(4,5)6/h7-10,14H,11-12,19H2,1-6H3. The summed E-state index contributed by atoms with van der Waals surface area (Å²) in [6, 6.07) is 8.61. The van der Waals surface area contributed by atoms with Crippen LogP contribution in [0.3, 0.4) is 0 Å². The first-order valence-corrected chi connectivity index (χ1v) is 7.91. The molecular weight excluding hydrogens is 251 g/mol. The molecule has 0 heterocycles. The van der Waals surface area contributed by atoms with Gasteiger partial charge in [0.25, 0.3) is 0 Å². The minimum absolute atomic E-state index is 0.132. The molecule has 2 heteroatoms. The number of rotatable bonds is 4. The Morgan fingerprint density at radius 3 is 1.89 bits per heavy atom. The molecule has 0 aliphatic heterocycles. The first kappa shape index (κ1) is 16.5. The van der Waals surface area contributed by atoms with Crippen LogP contribution in [0.5, 0.6) is 5.75 Å². The van der Waals surface area contributed by atoms with Gasteiger partial charge in [-0.3, -0.25) is 0 Å². The van der Waals surface area contributed by atoms with Crippen molar-refractivity contribution in [1.82, 2.24) is 0 Å². The van der Waals surface area contributed by atoms with E-state index >= 15 is 0 Å². The van der Waals surface area contributed by atoms with E-state index in [2.05, 4.69) is 75.0 Å². The Balaban J connectivity index is 2.79. The maximum atomic E-state index is 5.87. The molecule has 0 radical (unpaired) electrons. The van der Waals surface area contributed by atoms with Crippen LogP contribution in [0.4, 0.5) is 0 Å². The second-order valence-corrected chi connectivity index (χ2v) is 7.95. The molecule has 1 nitrogen and oxygen atoms in total. The topological polar surface area (TPSA) is 9.23 Å². The summed E-state index contributed by atoms with van der Waals surface area (Å²) >= 11 is 0. The minimum Gasteiger partial charge on any atom is -0.488 e. The fraction of sp³-hybridized carbons (Fsp3) is 0.647. The van der Waals surface area contributed by atoms with Crippen molar-refractivity contribution in [3.8, 4) is 5.75 Å². The smallest absolute Gasteiger partial charge is 0.120 e. The molecule has 1 rings (SSSR count). The van der Waals surface area contributed by atoms with E-state index in [0.29, 0.717) is 11.3 Å². The van der Waals surface area contributed by atoms with Crippen molar-refractivity contribution in [2.75, 3.05) is 6.16 Å². The molecule has 1 aromatic carbocycles. The molecule has 0 aromatic heterocycles. The molecule has 0 aliphatic rings. The van der Waals surface area contributed by atoms with Crippen molar-refractivity contribution < 1.29 is 4.74 Å². The fourth-order valence-electron chi connectivity index (χ4n) is 2.24. The molecule has 19 heavy (non-hydrogen) atoms. The van der Waals surface area contributed by atoms with Crippen molar-refractivity contribution in [3.05, 3.63) is 29.8 Å². The molecule has 0 aliphatic carbocycles. The van der Waals surface area contributed by atoms with E-state index in [9.17, 15) is 0 Å². The van der Waals surface area contributed by atoms with Gasteiger partial charge in [0.15, 0.2) is 0 Å². The molecular formula is C17H29OP. The first-order valence-electron chi connectivity index (χ1n) is 7.10. The SMILES string of the molecule is CC(C)(C)CC(CP)c1ccc(OC(C)(C)C)cc1. The monoisotopic (exact) mass is 280 g/mol. The Bertz CT molecular complexity index is 381. The number of hydrogen-bond donors (Lipinski definition) is 0. The first-order chi connectivity index (χ1) is 8.61. The second kappa shape index (κ2) is 6.27. The third kappa shape index (κ3) is 6.43. The summed E-state index contributed by atoms with van der Waals surface area (Å²) in [6.07, 6.45) is 2.31. The van der Waals surface area contributed by atoms with Gasteiger partial charge in [-0.2, -0.15) is 0 Å². The molecule has 0 bridgehead atoms. The van der Waals surface area contributed by atoms with Gasteiger partial charge in [0.1, 0.15) is 11.4 Å². The maximum Gasteiger partial charge on any atom is 0.120 e. The van der Waals surface area contributed by atoms with Gasteiger partial charge in [0, 0.05) is 0 Å². The van der Waals surface area contributed by atoms with Gasteiger partial charge < -0.3 is 4.74 Å². The van der Waals surface area contributed by atoms with E-state index < -0.39 is 0 Å². The van der Waals surface area contributed by atoms with Crippen LogP contribution in [0.15, 0.2) is 24.3 Å². The average molecular weight is 280 g/mol. The molecule has 2 unspecified atom stereocenters. The van der Waals surface area contributed by atoms with E-state index in [4.69, 9.17) is 4.74 Å². The van der Waals surface area contributed by atoms with E-state index in [1.807, 2.05) is 0 Å². The maximum absolute atomic E-state index is 5.87. The van der Waals surface area contributed by atoms with Crippen LogP contribution in [-0.2, 0) is 0 Å². The van der Waals surface area contributed by atoms with Gasteiger partial charge in [-0.05, 0) is 62.4 Å². The summed E-state index contributed by atoms with van der Waals surface area (Å²) in [4.78, 5) is 0.